The van der Waals surface area contributed by atoms with Crippen molar-refractivity contribution in [2.75, 3.05) is 6.61 Å². The highest BCUT2D eigenvalue weighted by molar-refractivity contribution is 5.89. The van der Waals surface area contributed by atoms with Crippen LogP contribution in [0.5, 0.6) is 17.2 Å². The number of halogens is 3. The number of fused-ring (bicyclic) bond motifs is 1. The lowest BCUT2D eigenvalue weighted by Gasteiger charge is -2.14. The van der Waals surface area contributed by atoms with Gasteiger partial charge in [-0.2, -0.15) is 13.2 Å². The maximum atomic E-state index is 13.7. The molecular weight excluding hydrogens is 445 g/mol. The summed E-state index contributed by atoms with van der Waals surface area (Å²) in [6, 6.07) is 8.52. The van der Waals surface area contributed by atoms with Crippen LogP contribution in [0.2, 0.25) is 0 Å². The van der Waals surface area contributed by atoms with Crippen LogP contribution in [0.3, 0.4) is 0 Å². The fraction of sp³-hybridized carbons (Fsp3) is 0.261. The molecule has 1 aromatic heterocycles. The topological polar surface area (TPSA) is 92.0 Å². The Kier molecular flexibility index (Phi) is 6.75. The monoisotopic (exact) mass is 464 g/mol. The second-order valence-corrected chi connectivity index (χ2v) is 7.17. The van der Waals surface area contributed by atoms with Gasteiger partial charge in [-0.1, -0.05) is 13.8 Å². The van der Waals surface area contributed by atoms with Gasteiger partial charge in [0.25, 0.3) is 5.76 Å². The van der Waals surface area contributed by atoms with Crippen LogP contribution in [0.4, 0.5) is 13.2 Å². The summed E-state index contributed by atoms with van der Waals surface area (Å²) in [5.74, 6) is -4.58. The molecule has 0 aliphatic heterocycles. The molecule has 33 heavy (non-hydrogen) atoms. The van der Waals surface area contributed by atoms with E-state index in [1.165, 1.54) is 36.4 Å². The van der Waals surface area contributed by atoms with Crippen molar-refractivity contribution in [3.05, 3.63) is 64.0 Å². The smallest absolute Gasteiger partial charge is 0.453 e. The minimum absolute atomic E-state index is 0.0688. The van der Waals surface area contributed by atoms with Gasteiger partial charge in [0.1, 0.15) is 17.1 Å². The molecule has 0 aliphatic carbocycles. The Bertz CT molecular complexity index is 1240. The van der Waals surface area contributed by atoms with E-state index in [1.54, 1.807) is 20.8 Å². The summed E-state index contributed by atoms with van der Waals surface area (Å²) >= 11 is 0. The molecule has 7 nitrogen and oxygen atoms in total. The van der Waals surface area contributed by atoms with Crippen molar-refractivity contribution < 1.29 is 41.4 Å². The van der Waals surface area contributed by atoms with Crippen LogP contribution >= 0.6 is 0 Å². The third kappa shape index (κ3) is 5.33. The zero-order valence-electron chi connectivity index (χ0n) is 17.8. The lowest BCUT2D eigenvalue weighted by atomic mass is 10.2. The van der Waals surface area contributed by atoms with Gasteiger partial charge in [0.15, 0.2) is 0 Å². The third-order valence-electron chi connectivity index (χ3n) is 4.35. The van der Waals surface area contributed by atoms with Gasteiger partial charge in [0, 0.05) is 6.07 Å². The van der Waals surface area contributed by atoms with Crippen molar-refractivity contribution in [1.29, 1.82) is 0 Å². The van der Waals surface area contributed by atoms with E-state index in [-0.39, 0.29) is 29.1 Å². The Balaban J connectivity index is 2.04. The van der Waals surface area contributed by atoms with Crippen LogP contribution in [-0.4, -0.2) is 18.5 Å². The molecule has 0 atom stereocenters. The first kappa shape index (κ1) is 23.8. The number of carbonyl (C=O) groups excluding carboxylic acids is 2. The van der Waals surface area contributed by atoms with Gasteiger partial charge >= 0.3 is 18.1 Å². The van der Waals surface area contributed by atoms with Gasteiger partial charge in [-0.15, -0.1) is 0 Å². The average molecular weight is 464 g/mol. The van der Waals surface area contributed by atoms with E-state index >= 15 is 0 Å². The Morgan fingerprint density at radius 3 is 2.24 bits per heavy atom. The molecule has 0 saturated carbocycles. The fourth-order valence-corrected chi connectivity index (χ4v) is 2.72. The van der Waals surface area contributed by atoms with Crippen molar-refractivity contribution in [2.45, 2.75) is 26.9 Å². The third-order valence-corrected chi connectivity index (χ3v) is 4.35. The summed E-state index contributed by atoms with van der Waals surface area (Å²) in [6.07, 6.45) is -5.06. The number of rotatable bonds is 6. The molecule has 0 bridgehead atoms. The fourth-order valence-electron chi connectivity index (χ4n) is 2.72. The Morgan fingerprint density at radius 1 is 1.03 bits per heavy atom. The number of esters is 2. The van der Waals surface area contributed by atoms with E-state index in [4.69, 9.17) is 18.6 Å². The van der Waals surface area contributed by atoms with E-state index in [0.29, 0.717) is 0 Å². The summed E-state index contributed by atoms with van der Waals surface area (Å²) < 4.78 is 61.1. The molecule has 2 aromatic carbocycles. The van der Waals surface area contributed by atoms with Crippen molar-refractivity contribution >= 4 is 22.9 Å². The van der Waals surface area contributed by atoms with E-state index < -0.39 is 46.6 Å². The molecular formula is C23H19F3O7. The zero-order chi connectivity index (χ0) is 24.3. The number of carbonyl (C=O) groups is 2. The molecule has 0 fully saturated rings. The molecule has 0 saturated heterocycles. The van der Waals surface area contributed by atoms with Gasteiger partial charge in [-0.05, 0) is 43.3 Å². The van der Waals surface area contributed by atoms with Crippen molar-refractivity contribution in [1.82, 2.24) is 0 Å². The largest absolute Gasteiger partial charge is 0.462 e. The van der Waals surface area contributed by atoms with Crippen molar-refractivity contribution in [2.24, 2.45) is 5.92 Å². The summed E-state index contributed by atoms with van der Waals surface area (Å²) in [5.41, 5.74) is -1.33. The first-order valence-electron chi connectivity index (χ1n) is 9.86. The van der Waals surface area contributed by atoms with Gasteiger partial charge in [0.05, 0.1) is 23.5 Å². The Labute approximate surface area is 185 Å². The Morgan fingerprint density at radius 2 is 1.67 bits per heavy atom. The van der Waals surface area contributed by atoms with E-state index in [0.717, 1.165) is 6.07 Å². The van der Waals surface area contributed by atoms with Gasteiger partial charge in [0.2, 0.25) is 11.2 Å². The van der Waals surface area contributed by atoms with Crippen LogP contribution in [0.15, 0.2) is 51.7 Å². The first-order chi connectivity index (χ1) is 15.5. The second kappa shape index (κ2) is 9.35. The minimum atomic E-state index is -5.06. The molecule has 1 heterocycles. The van der Waals surface area contributed by atoms with Crippen LogP contribution in [0, 0.1) is 5.92 Å². The van der Waals surface area contributed by atoms with Crippen LogP contribution in [0.25, 0.3) is 11.0 Å². The van der Waals surface area contributed by atoms with Crippen LogP contribution in [0.1, 0.15) is 36.9 Å². The van der Waals surface area contributed by atoms with Crippen LogP contribution < -0.4 is 14.9 Å². The van der Waals surface area contributed by atoms with Crippen LogP contribution in [-0.2, 0) is 15.7 Å². The zero-order valence-corrected chi connectivity index (χ0v) is 17.8. The SMILES string of the molecule is CCOC(=O)c1ccc(Oc2c(C(F)(F)F)oc3cc(OC(=O)C(C)C)ccc3c2=O)cc1. The number of alkyl halides is 3. The molecule has 0 aliphatic rings. The molecule has 174 valence electrons. The minimum Gasteiger partial charge on any atom is -0.462 e. The molecule has 3 aromatic rings. The maximum Gasteiger partial charge on any atom is 0.453 e. The average Bonchev–Trinajstić information content (AvgIpc) is 2.75. The highest BCUT2D eigenvalue weighted by Crippen LogP contribution is 2.38. The van der Waals surface area contributed by atoms with Crippen molar-refractivity contribution in [3.8, 4) is 17.2 Å². The molecule has 10 heteroatoms. The summed E-state index contributed by atoms with van der Waals surface area (Å²) in [6.45, 7) is 4.97. The Hall–Kier alpha value is -3.82. The predicted molar refractivity (Wildman–Crippen MR) is 110 cm³/mol. The van der Waals surface area contributed by atoms with Gasteiger partial charge in [-0.25, -0.2) is 4.79 Å². The molecule has 0 radical (unpaired) electrons. The highest BCUT2D eigenvalue weighted by atomic mass is 19.4. The molecule has 0 spiro atoms. The van der Waals surface area contributed by atoms with Gasteiger partial charge in [-0.3, -0.25) is 9.59 Å². The standard InChI is InChI=1S/C23H19F3O7/c1-4-30-22(29)13-5-7-14(8-6-13)31-19-18(27)16-10-9-15(32-21(28)12(2)3)11-17(16)33-20(19)23(24,25)26/h5-12H,4H2,1-3H3. The van der Waals surface area contributed by atoms with E-state index in [1.807, 2.05) is 0 Å². The highest BCUT2D eigenvalue weighted by Gasteiger charge is 2.40. The van der Waals surface area contributed by atoms with E-state index in [9.17, 15) is 27.6 Å². The number of hydrogen-bond donors (Lipinski definition) is 0. The molecule has 0 amide bonds. The molecule has 3 rings (SSSR count). The summed E-state index contributed by atoms with van der Waals surface area (Å²) in [5, 5.41) is -0.203. The van der Waals surface area contributed by atoms with Crippen molar-refractivity contribution in [3.63, 3.8) is 0 Å². The lowest BCUT2D eigenvalue weighted by molar-refractivity contribution is -0.154. The predicted octanol–water partition coefficient (Wildman–Crippen LogP) is 5.34. The molecule has 0 N–H and O–H groups in total. The van der Waals surface area contributed by atoms with E-state index in [2.05, 4.69) is 0 Å². The second-order valence-electron chi connectivity index (χ2n) is 7.17. The number of ether oxygens (including phenoxy) is 3. The number of benzene rings is 2. The lowest BCUT2D eigenvalue weighted by Crippen LogP contribution is -2.16. The number of hydrogen-bond acceptors (Lipinski definition) is 7. The summed E-state index contributed by atoms with van der Waals surface area (Å²) in [7, 11) is 0. The van der Waals surface area contributed by atoms with Gasteiger partial charge < -0.3 is 18.6 Å². The normalized spacial score (nSPS) is 11.5. The molecule has 0 unspecified atom stereocenters. The quantitative estimate of drug-likeness (QED) is 0.359. The first-order valence-corrected chi connectivity index (χ1v) is 9.86. The maximum absolute atomic E-state index is 13.7. The summed E-state index contributed by atoms with van der Waals surface area (Å²) in [4.78, 5) is 36.3.